The largest absolute Gasteiger partial charge is 0.478 e. The monoisotopic (exact) mass is 357 g/mol. The molecule has 5 atom stereocenters. The van der Waals surface area contributed by atoms with E-state index in [9.17, 15) is 24.9 Å². The molecule has 1 amide bonds. The van der Waals surface area contributed by atoms with Crippen molar-refractivity contribution in [3.05, 3.63) is 45.3 Å². The molecular weight excluding hydrogens is 348 g/mol. The van der Waals surface area contributed by atoms with Crippen LogP contribution in [0.25, 0.3) is 0 Å². The third-order valence-corrected chi connectivity index (χ3v) is 2.93. The van der Waals surface area contributed by atoms with E-state index in [1.807, 2.05) is 13.0 Å². The lowest BCUT2D eigenvalue weighted by Crippen LogP contribution is -2.57. The van der Waals surface area contributed by atoms with Crippen LogP contribution in [-0.4, -0.2) is 48.2 Å². The normalized spacial score (nSPS) is 24.6. The second-order valence-electron chi connectivity index (χ2n) is 4.63. The third-order valence-electron chi connectivity index (χ3n) is 2.93. The van der Waals surface area contributed by atoms with E-state index in [2.05, 4.69) is 30.2 Å². The minimum atomic E-state index is -2.26. The molecule has 1 rings (SSSR count). The molecule has 0 N–H and O–H groups in total. The predicted molar refractivity (Wildman–Crippen MR) is 74.2 cm³/mol. The highest BCUT2D eigenvalue weighted by molar-refractivity contribution is 5.84. The standard InChI is InChI=1S/C15H9N4O7/c1-3-4-25-12(9(22)6-20)13-11(18-7(2)21)8(19-15(16)17)5-10(26-13)14(23)24/h8-9,11-13H,1-2H2/t8-,9+,11+,12+,13+/m0/s1. The second kappa shape index (κ2) is 9.94. The van der Waals surface area contributed by atoms with Gasteiger partial charge in [0.05, 0.1) is 0 Å². The van der Waals surface area contributed by atoms with Crippen molar-refractivity contribution in [2.75, 3.05) is 0 Å². The fourth-order valence-electron chi connectivity index (χ4n) is 2.03. The Kier molecular flexibility index (Phi) is 8.29. The van der Waals surface area contributed by atoms with Crippen molar-refractivity contribution in [3.63, 3.8) is 0 Å². The fourth-order valence-corrected chi connectivity index (χ4v) is 2.03. The minimum absolute atomic E-state index is 0.984. The summed E-state index contributed by atoms with van der Waals surface area (Å²) >= 11 is 0. The van der Waals surface area contributed by atoms with Gasteiger partial charge < -0.3 is 9.47 Å². The molecule has 0 bridgehead atoms. The first-order valence-corrected chi connectivity index (χ1v) is 6.71. The zero-order chi connectivity index (χ0) is 19.9. The summed E-state index contributed by atoms with van der Waals surface area (Å²) in [5.74, 6) is -5.42. The van der Waals surface area contributed by atoms with Gasteiger partial charge in [-0.25, -0.2) is 30.4 Å². The lowest BCUT2D eigenvalue weighted by atomic mass is 9.92. The number of amides is 1. The Hall–Kier alpha value is -2.37. The molecule has 26 heavy (non-hydrogen) atoms. The summed E-state index contributed by atoms with van der Waals surface area (Å²) in [6.07, 6.45) is -1.68. The number of hydrogen-bond acceptors (Lipinski definition) is 5. The van der Waals surface area contributed by atoms with Crippen LogP contribution >= 0.6 is 0 Å². The van der Waals surface area contributed by atoms with E-state index in [0.29, 0.717) is 0 Å². The van der Waals surface area contributed by atoms with Crippen molar-refractivity contribution in [1.29, 1.82) is 0 Å². The van der Waals surface area contributed by atoms with E-state index in [1.54, 1.807) is 0 Å². The van der Waals surface area contributed by atoms with Gasteiger partial charge in [0.2, 0.25) is 18.3 Å². The third kappa shape index (κ3) is 5.86. The molecule has 0 saturated heterocycles. The summed E-state index contributed by atoms with van der Waals surface area (Å²) in [5.41, 5.74) is 17.9. The van der Waals surface area contributed by atoms with E-state index < -0.39 is 54.0 Å². The summed E-state index contributed by atoms with van der Waals surface area (Å²) in [6.45, 7) is 9.14. The Labute approximate surface area is 150 Å². The first-order chi connectivity index (χ1) is 12.2. The van der Waals surface area contributed by atoms with Crippen molar-refractivity contribution in [1.82, 2.24) is 16.8 Å². The minimum Gasteiger partial charge on any atom is -0.478 e. The van der Waals surface area contributed by atoms with Gasteiger partial charge in [-0.2, -0.15) is 0 Å². The fraction of sp³-hybridized carbons (Fsp3) is 0.333. The molecule has 0 aromatic heterocycles. The van der Waals surface area contributed by atoms with Crippen LogP contribution in [0.1, 0.15) is 0 Å². The Bertz CT molecular complexity index is 562. The van der Waals surface area contributed by atoms with Gasteiger partial charge in [0.25, 0.3) is 5.96 Å². The zero-order valence-electron chi connectivity index (χ0n) is 12.9. The van der Waals surface area contributed by atoms with Gasteiger partial charge >= 0.3 is 5.97 Å². The van der Waals surface area contributed by atoms with E-state index in [1.165, 1.54) is 0 Å². The Morgan fingerprint density at radius 1 is 1.38 bits per heavy atom. The summed E-state index contributed by atoms with van der Waals surface area (Å²) in [5, 5.41) is 37.2. The molecule has 1 aliphatic rings. The first kappa shape index (κ1) is 21.7. The molecule has 0 fully saturated rings. The quantitative estimate of drug-likeness (QED) is 0.336. The van der Waals surface area contributed by atoms with Crippen LogP contribution < -0.4 is 16.8 Å². The van der Waals surface area contributed by atoms with E-state index >= 15 is 0 Å². The number of carbonyl (C=O) groups is 2. The molecule has 11 nitrogen and oxygen atoms in total. The van der Waals surface area contributed by atoms with Gasteiger partial charge in [0, 0.05) is 19.4 Å². The molecule has 1 aliphatic heterocycles. The number of hydrogen-bond donors (Lipinski definition) is 0. The number of nitrogens with zero attached hydrogens (tertiary/aromatic N) is 4. The lowest BCUT2D eigenvalue weighted by Gasteiger charge is -2.37. The highest BCUT2D eigenvalue weighted by Gasteiger charge is 2.47. The van der Waals surface area contributed by atoms with Gasteiger partial charge in [0.15, 0.2) is 12.2 Å². The van der Waals surface area contributed by atoms with Gasteiger partial charge in [0.1, 0.15) is 24.8 Å². The number of guanidine groups is 1. The van der Waals surface area contributed by atoms with Gasteiger partial charge in [-0.1, -0.05) is 0 Å². The maximum Gasteiger partial charge on any atom is 0.420 e. The summed E-state index contributed by atoms with van der Waals surface area (Å²) in [6, 6.07) is -3.17. The maximum atomic E-state index is 11.9. The molecule has 17 radical (unpaired) electrons. The Balaban J connectivity index is 3.36. The number of ether oxygens (including phenoxy) is 2. The smallest absolute Gasteiger partial charge is 0.420 e. The van der Waals surface area contributed by atoms with Gasteiger partial charge in [-0.3, -0.25) is 4.79 Å². The second-order valence-corrected chi connectivity index (χ2v) is 4.63. The van der Waals surface area contributed by atoms with Crippen molar-refractivity contribution in [2.24, 2.45) is 4.99 Å². The SMILES string of the molecule is [CH2][C][C]O[C@@H]([C@@H]1OC(C([O])=O)=[C][C@H](N=C([N])[N])[C@H]1[N]C([CH2])=O)[C@H]([O])[C][O]. The zero-order valence-corrected chi connectivity index (χ0v) is 12.9. The number of aliphatic imine (C=N–C) groups is 1. The lowest BCUT2D eigenvalue weighted by molar-refractivity contribution is -0.155. The number of carbonyl (C=O) groups excluding carboxylic acids is 2. The van der Waals surface area contributed by atoms with Crippen LogP contribution in [-0.2, 0) is 34.4 Å². The topological polar surface area (TPSA) is 183 Å². The Morgan fingerprint density at radius 2 is 2.04 bits per heavy atom. The average molecular weight is 357 g/mol. The van der Waals surface area contributed by atoms with Crippen molar-refractivity contribution < 1.29 is 34.4 Å². The van der Waals surface area contributed by atoms with E-state index in [-0.39, 0.29) is 0 Å². The molecule has 1 heterocycles. The van der Waals surface area contributed by atoms with Gasteiger partial charge in [-0.05, 0) is 6.92 Å². The first-order valence-electron chi connectivity index (χ1n) is 6.71. The molecule has 0 aliphatic carbocycles. The van der Waals surface area contributed by atoms with Crippen molar-refractivity contribution in [2.45, 2.75) is 30.4 Å². The van der Waals surface area contributed by atoms with Crippen LogP contribution in [0.3, 0.4) is 0 Å². The van der Waals surface area contributed by atoms with Crippen LogP contribution in [0.15, 0.2) is 10.8 Å². The van der Waals surface area contributed by atoms with E-state index in [0.717, 1.165) is 6.61 Å². The molecular formula is C15H9N4O7. The van der Waals surface area contributed by atoms with Crippen LogP contribution in [0.4, 0.5) is 0 Å². The van der Waals surface area contributed by atoms with Gasteiger partial charge in [-0.15, -0.1) is 11.5 Å². The molecule has 0 saturated carbocycles. The van der Waals surface area contributed by atoms with Crippen molar-refractivity contribution in [3.8, 4) is 0 Å². The van der Waals surface area contributed by atoms with Crippen molar-refractivity contribution >= 4 is 17.8 Å². The average Bonchev–Trinajstić information content (AvgIpc) is 2.55. The predicted octanol–water partition coefficient (Wildman–Crippen LogP) is -2.17. The molecule has 11 heteroatoms. The number of rotatable bonds is 9. The molecule has 0 spiro atoms. The highest BCUT2D eigenvalue weighted by Crippen LogP contribution is 2.27. The molecule has 0 unspecified atom stereocenters. The van der Waals surface area contributed by atoms with Crippen LogP contribution in [0, 0.1) is 39.6 Å². The summed E-state index contributed by atoms with van der Waals surface area (Å²) in [4.78, 5) is 25.6. The molecule has 131 valence electrons. The van der Waals surface area contributed by atoms with Crippen LogP contribution in [0.5, 0.6) is 0 Å². The summed E-state index contributed by atoms with van der Waals surface area (Å²) in [7, 11) is 0. The van der Waals surface area contributed by atoms with E-state index in [4.69, 9.17) is 20.9 Å². The maximum absolute atomic E-state index is 11.9. The summed E-state index contributed by atoms with van der Waals surface area (Å²) < 4.78 is 9.83. The molecule has 0 aromatic carbocycles. The van der Waals surface area contributed by atoms with Crippen LogP contribution in [0.2, 0.25) is 0 Å². The molecule has 0 aromatic rings. The highest BCUT2D eigenvalue weighted by atomic mass is 16.6. The Morgan fingerprint density at radius 3 is 2.50 bits per heavy atom.